The molecule has 3 heteroatoms. The summed E-state index contributed by atoms with van der Waals surface area (Å²) in [6.45, 7) is 2.50. The largest absolute Gasteiger partial charge is 0.507 e. The molecule has 3 rings (SSSR count). The Hall–Kier alpha value is -2.81. The number of hydrogen-bond donors (Lipinski definition) is 1. The number of hydrogen-bond acceptors (Lipinski definition) is 3. The minimum Gasteiger partial charge on any atom is -0.507 e. The van der Waals surface area contributed by atoms with Crippen LogP contribution in [0.1, 0.15) is 17.3 Å². The average Bonchev–Trinajstić information content (AvgIpc) is 2.56. The lowest BCUT2D eigenvalue weighted by Gasteiger charge is -2.14. The van der Waals surface area contributed by atoms with Gasteiger partial charge in [-0.1, -0.05) is 36.4 Å². The lowest BCUT2D eigenvalue weighted by atomic mass is 9.96. The van der Waals surface area contributed by atoms with Crippen LogP contribution in [-0.4, -0.2) is 18.0 Å². The van der Waals surface area contributed by atoms with Crippen molar-refractivity contribution >= 4 is 17.1 Å². The quantitative estimate of drug-likeness (QED) is 0.724. The summed E-state index contributed by atoms with van der Waals surface area (Å²) in [7, 11) is 0. The summed E-state index contributed by atoms with van der Waals surface area (Å²) in [5.74, 6) is 0.751. The fraction of sp³-hybridized carbons (Fsp3) is 0.105. The highest BCUT2D eigenvalue weighted by atomic mass is 16.5. The van der Waals surface area contributed by atoms with Crippen LogP contribution in [0.5, 0.6) is 11.5 Å². The van der Waals surface area contributed by atoms with E-state index in [-0.39, 0.29) is 11.3 Å². The highest BCUT2D eigenvalue weighted by Gasteiger charge is 2.12. The zero-order valence-corrected chi connectivity index (χ0v) is 12.2. The van der Waals surface area contributed by atoms with E-state index in [1.807, 2.05) is 43.3 Å². The second kappa shape index (κ2) is 5.90. The molecule has 3 aromatic carbocycles. The van der Waals surface area contributed by atoms with Gasteiger partial charge in [0.1, 0.15) is 11.5 Å². The van der Waals surface area contributed by atoms with Gasteiger partial charge in [-0.2, -0.15) is 0 Å². The number of carbonyl (C=O) groups is 1. The number of fused-ring (bicyclic) bond motifs is 1. The first-order chi connectivity index (χ1) is 10.7. The number of phenols is 1. The van der Waals surface area contributed by atoms with E-state index in [9.17, 15) is 9.90 Å². The standard InChI is InChI=1S/C19H16O3/c1-2-22-18-10-8-13-5-3-4-6-16(13)19(18)14-7-9-17(21)15(11-14)12-20/h3-12,21H,2H2,1H3. The van der Waals surface area contributed by atoms with Crippen LogP contribution in [-0.2, 0) is 0 Å². The van der Waals surface area contributed by atoms with E-state index in [0.29, 0.717) is 12.9 Å². The van der Waals surface area contributed by atoms with Gasteiger partial charge in [0.15, 0.2) is 6.29 Å². The minimum atomic E-state index is -0.0167. The van der Waals surface area contributed by atoms with Gasteiger partial charge in [-0.05, 0) is 41.5 Å². The molecular formula is C19H16O3. The van der Waals surface area contributed by atoms with Crippen LogP contribution in [0.4, 0.5) is 0 Å². The normalized spacial score (nSPS) is 10.6. The van der Waals surface area contributed by atoms with Crippen molar-refractivity contribution in [2.24, 2.45) is 0 Å². The minimum absolute atomic E-state index is 0.0167. The van der Waals surface area contributed by atoms with Gasteiger partial charge in [0.2, 0.25) is 0 Å². The number of ether oxygens (including phenoxy) is 1. The van der Waals surface area contributed by atoms with Crippen LogP contribution in [0.25, 0.3) is 21.9 Å². The van der Waals surface area contributed by atoms with Gasteiger partial charge in [-0.25, -0.2) is 0 Å². The number of carbonyl (C=O) groups excluding carboxylic acids is 1. The molecule has 0 heterocycles. The van der Waals surface area contributed by atoms with Gasteiger partial charge in [-0.3, -0.25) is 4.79 Å². The van der Waals surface area contributed by atoms with Gasteiger partial charge in [0.25, 0.3) is 0 Å². The first-order valence-electron chi connectivity index (χ1n) is 7.17. The lowest BCUT2D eigenvalue weighted by molar-refractivity contribution is 0.112. The van der Waals surface area contributed by atoms with Crippen molar-refractivity contribution in [3.05, 3.63) is 60.2 Å². The molecule has 0 saturated carbocycles. The van der Waals surface area contributed by atoms with E-state index in [1.165, 1.54) is 6.07 Å². The molecule has 0 aliphatic rings. The summed E-state index contributed by atoms with van der Waals surface area (Å²) in [4.78, 5) is 11.1. The number of benzene rings is 3. The molecule has 0 unspecified atom stereocenters. The average molecular weight is 292 g/mol. The van der Waals surface area contributed by atoms with Gasteiger partial charge >= 0.3 is 0 Å². The fourth-order valence-corrected chi connectivity index (χ4v) is 2.63. The Bertz CT molecular complexity index is 837. The predicted molar refractivity (Wildman–Crippen MR) is 87.6 cm³/mol. The molecule has 1 N–H and O–H groups in total. The molecule has 3 aromatic rings. The van der Waals surface area contributed by atoms with Crippen LogP contribution in [0, 0.1) is 0 Å². The van der Waals surface area contributed by atoms with Crippen molar-refractivity contribution < 1.29 is 14.6 Å². The molecule has 110 valence electrons. The van der Waals surface area contributed by atoms with Gasteiger partial charge in [-0.15, -0.1) is 0 Å². The SMILES string of the molecule is CCOc1ccc2ccccc2c1-c1ccc(O)c(C=O)c1. The third-order valence-corrected chi connectivity index (χ3v) is 3.63. The Morgan fingerprint density at radius 3 is 2.68 bits per heavy atom. The third-order valence-electron chi connectivity index (χ3n) is 3.63. The Kier molecular flexibility index (Phi) is 3.79. The molecule has 0 aromatic heterocycles. The van der Waals surface area contributed by atoms with Crippen LogP contribution >= 0.6 is 0 Å². The summed E-state index contributed by atoms with van der Waals surface area (Å²) < 4.78 is 5.75. The molecule has 0 atom stereocenters. The smallest absolute Gasteiger partial charge is 0.153 e. The van der Waals surface area contributed by atoms with Crippen molar-refractivity contribution in [3.63, 3.8) is 0 Å². The fourth-order valence-electron chi connectivity index (χ4n) is 2.63. The van der Waals surface area contributed by atoms with Gasteiger partial charge in [0.05, 0.1) is 12.2 Å². The van der Waals surface area contributed by atoms with Crippen molar-refractivity contribution in [2.45, 2.75) is 6.92 Å². The van der Waals surface area contributed by atoms with Crippen molar-refractivity contribution in [3.8, 4) is 22.6 Å². The Morgan fingerprint density at radius 1 is 1.09 bits per heavy atom. The summed E-state index contributed by atoms with van der Waals surface area (Å²) >= 11 is 0. The van der Waals surface area contributed by atoms with Crippen LogP contribution < -0.4 is 4.74 Å². The maximum absolute atomic E-state index is 11.1. The van der Waals surface area contributed by atoms with Crippen LogP contribution in [0.3, 0.4) is 0 Å². The maximum atomic E-state index is 11.1. The third kappa shape index (κ3) is 2.42. The first-order valence-corrected chi connectivity index (χ1v) is 7.17. The summed E-state index contributed by atoms with van der Waals surface area (Å²) in [6, 6.07) is 17.0. The van der Waals surface area contributed by atoms with E-state index in [1.54, 1.807) is 12.1 Å². The second-order valence-electron chi connectivity index (χ2n) is 4.98. The molecule has 0 amide bonds. The highest BCUT2D eigenvalue weighted by Crippen LogP contribution is 2.38. The molecule has 0 aliphatic heterocycles. The molecule has 0 saturated heterocycles. The lowest BCUT2D eigenvalue weighted by Crippen LogP contribution is -1.95. The van der Waals surface area contributed by atoms with E-state index < -0.39 is 0 Å². The molecule has 0 bridgehead atoms. The van der Waals surface area contributed by atoms with Crippen LogP contribution in [0.15, 0.2) is 54.6 Å². The van der Waals surface area contributed by atoms with E-state index in [2.05, 4.69) is 0 Å². The van der Waals surface area contributed by atoms with E-state index in [4.69, 9.17) is 4.74 Å². The Balaban J connectivity index is 2.32. The molecule has 0 spiro atoms. The number of aromatic hydroxyl groups is 1. The van der Waals surface area contributed by atoms with Crippen LogP contribution in [0.2, 0.25) is 0 Å². The monoisotopic (exact) mass is 292 g/mol. The van der Waals surface area contributed by atoms with Crippen molar-refractivity contribution in [1.29, 1.82) is 0 Å². The summed E-state index contributed by atoms with van der Waals surface area (Å²) in [6.07, 6.45) is 0.657. The zero-order valence-electron chi connectivity index (χ0n) is 12.2. The molecule has 3 nitrogen and oxygen atoms in total. The van der Waals surface area contributed by atoms with Crippen molar-refractivity contribution in [2.75, 3.05) is 6.61 Å². The maximum Gasteiger partial charge on any atom is 0.153 e. The van der Waals surface area contributed by atoms with Gasteiger partial charge in [0, 0.05) is 5.56 Å². The number of aldehydes is 1. The molecular weight excluding hydrogens is 276 g/mol. The Morgan fingerprint density at radius 2 is 1.91 bits per heavy atom. The molecule has 22 heavy (non-hydrogen) atoms. The predicted octanol–water partition coefficient (Wildman–Crippen LogP) is 4.42. The van der Waals surface area contributed by atoms with E-state index >= 15 is 0 Å². The Labute approximate surface area is 128 Å². The summed E-state index contributed by atoms with van der Waals surface area (Å²) in [5.41, 5.74) is 2.05. The number of rotatable bonds is 4. The van der Waals surface area contributed by atoms with Crippen molar-refractivity contribution in [1.82, 2.24) is 0 Å². The zero-order chi connectivity index (χ0) is 15.5. The van der Waals surface area contributed by atoms with Gasteiger partial charge < -0.3 is 9.84 Å². The molecule has 0 aliphatic carbocycles. The molecule has 0 fully saturated rings. The second-order valence-corrected chi connectivity index (χ2v) is 4.98. The summed E-state index contributed by atoms with van der Waals surface area (Å²) in [5, 5.41) is 11.9. The van der Waals surface area contributed by atoms with E-state index in [0.717, 1.165) is 27.6 Å². The number of phenolic OH excluding ortho intramolecular Hbond substituents is 1. The topological polar surface area (TPSA) is 46.5 Å². The highest BCUT2D eigenvalue weighted by molar-refractivity contribution is 6.00. The molecule has 0 radical (unpaired) electrons. The first kappa shape index (κ1) is 14.1.